The monoisotopic (exact) mass is 300 g/mol. The number of hydrogen-bond donors (Lipinski definition) is 2. The van der Waals surface area contributed by atoms with Crippen molar-refractivity contribution in [1.82, 2.24) is 15.3 Å². The molecule has 0 aliphatic heterocycles. The van der Waals surface area contributed by atoms with Gasteiger partial charge in [-0.05, 0) is 12.0 Å². The maximum Gasteiger partial charge on any atom is 0.321 e. The van der Waals surface area contributed by atoms with E-state index in [1.807, 2.05) is 49.3 Å². The number of benzene rings is 1. The molecule has 0 saturated carbocycles. The van der Waals surface area contributed by atoms with E-state index in [1.165, 1.54) is 0 Å². The highest BCUT2D eigenvalue weighted by atomic mass is 16.4. The van der Waals surface area contributed by atoms with E-state index in [-0.39, 0.29) is 0 Å². The lowest BCUT2D eigenvalue weighted by Crippen LogP contribution is -2.38. The van der Waals surface area contributed by atoms with Gasteiger partial charge in [0.05, 0.1) is 0 Å². The minimum absolute atomic E-state index is 0.414. The summed E-state index contributed by atoms with van der Waals surface area (Å²) in [7, 11) is 3.74. The fraction of sp³-hybridized carbons (Fsp3) is 0.312. The Bertz CT molecular complexity index is 599. The molecule has 1 aromatic heterocycles. The number of anilines is 1. The van der Waals surface area contributed by atoms with E-state index in [0.29, 0.717) is 18.9 Å². The van der Waals surface area contributed by atoms with Crippen molar-refractivity contribution in [2.45, 2.75) is 19.0 Å². The van der Waals surface area contributed by atoms with Crippen molar-refractivity contribution >= 4 is 11.9 Å². The van der Waals surface area contributed by atoms with Gasteiger partial charge < -0.3 is 10.0 Å². The predicted molar refractivity (Wildman–Crippen MR) is 84.8 cm³/mol. The zero-order valence-corrected chi connectivity index (χ0v) is 12.7. The first kappa shape index (κ1) is 15.9. The third-order valence-corrected chi connectivity index (χ3v) is 3.23. The van der Waals surface area contributed by atoms with Crippen LogP contribution in [-0.2, 0) is 17.8 Å². The van der Waals surface area contributed by atoms with E-state index in [9.17, 15) is 9.90 Å². The van der Waals surface area contributed by atoms with Gasteiger partial charge in [-0.1, -0.05) is 30.3 Å². The molecule has 0 aliphatic rings. The number of hydrogen-bond acceptors (Lipinski definition) is 5. The van der Waals surface area contributed by atoms with Gasteiger partial charge in [0.2, 0.25) is 5.95 Å². The van der Waals surface area contributed by atoms with Crippen molar-refractivity contribution < 1.29 is 9.90 Å². The Kier molecular flexibility index (Phi) is 5.43. The van der Waals surface area contributed by atoms with Crippen molar-refractivity contribution in [2.75, 3.05) is 19.0 Å². The fourth-order valence-corrected chi connectivity index (χ4v) is 2.01. The number of carboxylic acids is 1. The molecule has 2 rings (SSSR count). The van der Waals surface area contributed by atoms with Crippen LogP contribution >= 0.6 is 0 Å². The number of aliphatic carboxylic acids is 1. The summed E-state index contributed by atoms with van der Waals surface area (Å²) in [5, 5.41) is 12.4. The number of nitrogens with one attached hydrogen (secondary N) is 1. The van der Waals surface area contributed by atoms with Gasteiger partial charge in [0.1, 0.15) is 6.04 Å². The largest absolute Gasteiger partial charge is 0.480 e. The molecule has 1 aromatic carbocycles. The van der Waals surface area contributed by atoms with Crippen LogP contribution in [0.2, 0.25) is 0 Å². The summed E-state index contributed by atoms with van der Waals surface area (Å²) in [5.74, 6) is -0.238. The Morgan fingerprint density at radius 3 is 2.36 bits per heavy atom. The normalized spacial score (nSPS) is 11.9. The van der Waals surface area contributed by atoms with E-state index in [0.717, 1.165) is 11.1 Å². The molecule has 2 N–H and O–H groups in total. The Hall–Kier alpha value is -2.47. The first-order chi connectivity index (χ1) is 10.6. The summed E-state index contributed by atoms with van der Waals surface area (Å²) in [5.41, 5.74) is 1.84. The van der Waals surface area contributed by atoms with E-state index in [2.05, 4.69) is 15.3 Å². The number of carbonyl (C=O) groups is 1. The minimum atomic E-state index is -0.866. The summed E-state index contributed by atoms with van der Waals surface area (Å²) < 4.78 is 0. The highest BCUT2D eigenvalue weighted by Crippen LogP contribution is 2.06. The summed E-state index contributed by atoms with van der Waals surface area (Å²) in [6.45, 7) is 0.414. The molecular formula is C16H20N4O2. The van der Waals surface area contributed by atoms with Crippen LogP contribution < -0.4 is 10.2 Å². The van der Waals surface area contributed by atoms with Crippen LogP contribution in [0.3, 0.4) is 0 Å². The number of rotatable bonds is 7. The molecule has 0 unspecified atom stereocenters. The maximum absolute atomic E-state index is 11.4. The molecule has 0 spiro atoms. The molecule has 1 atom stereocenters. The number of aromatic nitrogens is 2. The van der Waals surface area contributed by atoms with Gasteiger partial charge in [-0.15, -0.1) is 0 Å². The molecule has 6 heteroatoms. The smallest absolute Gasteiger partial charge is 0.321 e. The quantitative estimate of drug-likeness (QED) is 0.803. The Labute approximate surface area is 129 Å². The van der Waals surface area contributed by atoms with Crippen LogP contribution in [0.4, 0.5) is 5.95 Å². The standard InChI is InChI=1S/C16H20N4O2/c1-20(2)16-18-10-13(11-19-16)9-17-14(15(21)22)8-12-6-4-3-5-7-12/h3-7,10-11,14,17H,8-9H2,1-2H3,(H,21,22)/t14-/m1/s1. The van der Waals surface area contributed by atoms with Crippen molar-refractivity contribution in [3.63, 3.8) is 0 Å². The molecule has 0 amide bonds. The highest BCUT2D eigenvalue weighted by molar-refractivity contribution is 5.73. The Morgan fingerprint density at radius 2 is 1.82 bits per heavy atom. The van der Waals surface area contributed by atoms with E-state index >= 15 is 0 Å². The second-order valence-corrected chi connectivity index (χ2v) is 5.25. The van der Waals surface area contributed by atoms with Gasteiger partial charge in [-0.25, -0.2) is 9.97 Å². The van der Waals surface area contributed by atoms with E-state index in [4.69, 9.17) is 0 Å². The van der Waals surface area contributed by atoms with Crippen molar-refractivity contribution in [3.05, 3.63) is 53.9 Å². The zero-order valence-electron chi connectivity index (χ0n) is 12.7. The molecule has 6 nitrogen and oxygen atoms in total. The molecule has 2 aromatic rings. The first-order valence-electron chi connectivity index (χ1n) is 7.04. The van der Waals surface area contributed by atoms with Gasteiger partial charge in [0, 0.05) is 38.6 Å². The molecule has 1 heterocycles. The third kappa shape index (κ3) is 4.53. The highest BCUT2D eigenvalue weighted by Gasteiger charge is 2.17. The Morgan fingerprint density at radius 1 is 1.18 bits per heavy atom. The minimum Gasteiger partial charge on any atom is -0.480 e. The van der Waals surface area contributed by atoms with Gasteiger partial charge in [-0.2, -0.15) is 0 Å². The molecule has 0 aliphatic carbocycles. The third-order valence-electron chi connectivity index (χ3n) is 3.23. The maximum atomic E-state index is 11.4. The van der Waals surface area contributed by atoms with Crippen molar-refractivity contribution in [2.24, 2.45) is 0 Å². The van der Waals surface area contributed by atoms with Gasteiger partial charge in [-0.3, -0.25) is 10.1 Å². The number of nitrogens with zero attached hydrogens (tertiary/aromatic N) is 3. The van der Waals surface area contributed by atoms with E-state index in [1.54, 1.807) is 12.4 Å². The van der Waals surface area contributed by atoms with Gasteiger partial charge in [0.25, 0.3) is 0 Å². The van der Waals surface area contributed by atoms with Crippen LogP contribution in [0.1, 0.15) is 11.1 Å². The van der Waals surface area contributed by atoms with Crippen LogP contribution in [0.5, 0.6) is 0 Å². The molecule has 116 valence electrons. The average molecular weight is 300 g/mol. The van der Waals surface area contributed by atoms with Crippen LogP contribution in [0, 0.1) is 0 Å². The lowest BCUT2D eigenvalue weighted by Gasteiger charge is -2.15. The predicted octanol–water partition coefficient (Wildman–Crippen LogP) is 1.33. The van der Waals surface area contributed by atoms with E-state index < -0.39 is 12.0 Å². The summed E-state index contributed by atoms with van der Waals surface area (Å²) in [6.07, 6.45) is 3.85. The van der Waals surface area contributed by atoms with Crippen LogP contribution in [-0.4, -0.2) is 41.2 Å². The zero-order chi connectivity index (χ0) is 15.9. The molecular weight excluding hydrogens is 280 g/mol. The fourth-order valence-electron chi connectivity index (χ4n) is 2.01. The topological polar surface area (TPSA) is 78.4 Å². The SMILES string of the molecule is CN(C)c1ncc(CN[C@H](Cc2ccccc2)C(=O)O)cn1. The first-order valence-corrected chi connectivity index (χ1v) is 7.04. The van der Waals surface area contributed by atoms with Crippen molar-refractivity contribution in [1.29, 1.82) is 0 Å². The summed E-state index contributed by atoms with van der Waals surface area (Å²) in [6, 6.07) is 8.93. The lowest BCUT2D eigenvalue weighted by molar-refractivity contribution is -0.139. The van der Waals surface area contributed by atoms with Crippen LogP contribution in [0.25, 0.3) is 0 Å². The Balaban J connectivity index is 1.95. The molecule has 0 bridgehead atoms. The second-order valence-electron chi connectivity index (χ2n) is 5.25. The van der Waals surface area contributed by atoms with Crippen molar-refractivity contribution in [3.8, 4) is 0 Å². The summed E-state index contributed by atoms with van der Waals surface area (Å²) in [4.78, 5) is 21.6. The molecule has 22 heavy (non-hydrogen) atoms. The van der Waals surface area contributed by atoms with Gasteiger partial charge in [0.15, 0.2) is 0 Å². The average Bonchev–Trinajstić information content (AvgIpc) is 2.52. The second kappa shape index (κ2) is 7.51. The van der Waals surface area contributed by atoms with Gasteiger partial charge >= 0.3 is 5.97 Å². The molecule has 0 radical (unpaired) electrons. The lowest BCUT2D eigenvalue weighted by atomic mass is 10.1. The van der Waals surface area contributed by atoms with Crippen LogP contribution in [0.15, 0.2) is 42.7 Å². The number of carboxylic acid groups (broad SMARTS) is 1. The molecule has 0 saturated heterocycles. The summed E-state index contributed by atoms with van der Waals surface area (Å²) >= 11 is 0. The molecule has 0 fully saturated rings.